The molecule has 5 aromatic rings. The van der Waals surface area contributed by atoms with Crippen LogP contribution in [-0.4, -0.2) is 5.11 Å². The van der Waals surface area contributed by atoms with E-state index >= 15 is 0 Å². The Hall–Kier alpha value is -4.51. The van der Waals surface area contributed by atoms with Crippen LogP contribution in [0, 0.1) is 0 Å². The molecule has 0 fully saturated rings. The second kappa shape index (κ2) is 9.55. The van der Waals surface area contributed by atoms with Crippen molar-refractivity contribution < 1.29 is 19.0 Å². The number of benzene rings is 4. The van der Waals surface area contributed by atoms with Crippen LogP contribution in [0.25, 0.3) is 22.3 Å². The van der Waals surface area contributed by atoms with Crippen molar-refractivity contribution in [1.29, 1.82) is 0 Å². The monoisotopic (exact) mass is 450 g/mol. The number of para-hydroxylation sites is 1. The predicted octanol–water partition coefficient (Wildman–Crippen LogP) is 6.32. The summed E-state index contributed by atoms with van der Waals surface area (Å²) in [4.78, 5) is 12.6. The quantitative estimate of drug-likeness (QED) is 0.314. The highest BCUT2D eigenvalue weighted by Gasteiger charge is 2.19. The van der Waals surface area contributed by atoms with E-state index in [9.17, 15) is 9.90 Å². The standard InChI is InChI=1S/C29H22O5/c30-24-17-27(34-25-14-8-7-13-22(24)25)23-15-16-26(32-18-20-9-3-1-4-10-20)29(28(23)31)33-19-21-11-5-2-6-12-21/h1-17,31H,18-19H2. The molecule has 0 spiro atoms. The minimum absolute atomic E-state index is 0.153. The molecule has 0 unspecified atom stereocenters. The molecule has 5 rings (SSSR count). The molecule has 0 saturated heterocycles. The first-order valence-corrected chi connectivity index (χ1v) is 10.9. The minimum atomic E-state index is -0.188. The highest BCUT2D eigenvalue weighted by molar-refractivity contribution is 5.80. The number of rotatable bonds is 7. The first-order valence-electron chi connectivity index (χ1n) is 10.9. The lowest BCUT2D eigenvalue weighted by Crippen LogP contribution is -2.03. The van der Waals surface area contributed by atoms with E-state index in [1.54, 1.807) is 36.4 Å². The topological polar surface area (TPSA) is 68.9 Å². The summed E-state index contributed by atoms with van der Waals surface area (Å²) in [6.07, 6.45) is 0. The van der Waals surface area contributed by atoms with Gasteiger partial charge in [-0.2, -0.15) is 0 Å². The fourth-order valence-corrected chi connectivity index (χ4v) is 3.71. The maximum Gasteiger partial charge on any atom is 0.204 e. The van der Waals surface area contributed by atoms with Crippen molar-refractivity contribution in [1.82, 2.24) is 0 Å². The van der Waals surface area contributed by atoms with E-state index in [0.717, 1.165) is 11.1 Å². The maximum atomic E-state index is 12.6. The largest absolute Gasteiger partial charge is 0.504 e. The lowest BCUT2D eigenvalue weighted by Gasteiger charge is -2.16. The van der Waals surface area contributed by atoms with Gasteiger partial charge < -0.3 is 19.0 Å². The second-order valence-corrected chi connectivity index (χ2v) is 7.81. The van der Waals surface area contributed by atoms with Crippen molar-refractivity contribution in [3.05, 3.63) is 124 Å². The molecule has 0 aliphatic heterocycles. The summed E-state index contributed by atoms with van der Waals surface area (Å²) in [6, 6.07) is 31.2. The molecule has 0 aliphatic carbocycles. The third-order valence-corrected chi connectivity index (χ3v) is 5.46. The molecule has 5 nitrogen and oxygen atoms in total. The molecular formula is C29H22O5. The highest BCUT2D eigenvalue weighted by Crippen LogP contribution is 2.44. The Labute approximate surface area is 196 Å². The summed E-state index contributed by atoms with van der Waals surface area (Å²) in [5, 5.41) is 11.7. The van der Waals surface area contributed by atoms with Crippen molar-refractivity contribution in [2.75, 3.05) is 0 Å². The Morgan fingerprint density at radius 3 is 2.03 bits per heavy atom. The fourth-order valence-electron chi connectivity index (χ4n) is 3.71. The van der Waals surface area contributed by atoms with Gasteiger partial charge in [-0.05, 0) is 35.4 Å². The molecule has 34 heavy (non-hydrogen) atoms. The van der Waals surface area contributed by atoms with Gasteiger partial charge in [0.05, 0.1) is 10.9 Å². The number of phenols is 1. The average Bonchev–Trinajstić information content (AvgIpc) is 2.88. The Morgan fingerprint density at radius 2 is 1.32 bits per heavy atom. The normalized spacial score (nSPS) is 10.8. The lowest BCUT2D eigenvalue weighted by atomic mass is 10.1. The Morgan fingerprint density at radius 1 is 0.706 bits per heavy atom. The van der Waals surface area contributed by atoms with E-state index in [-0.39, 0.29) is 29.3 Å². The van der Waals surface area contributed by atoms with Gasteiger partial charge in [0.1, 0.15) is 24.6 Å². The third kappa shape index (κ3) is 4.50. The van der Waals surface area contributed by atoms with Gasteiger partial charge in [0.15, 0.2) is 16.9 Å². The van der Waals surface area contributed by atoms with E-state index in [2.05, 4.69) is 0 Å². The summed E-state index contributed by atoms with van der Waals surface area (Å²) in [6.45, 7) is 0.549. The Bertz CT molecular complexity index is 1470. The summed E-state index contributed by atoms with van der Waals surface area (Å²) in [5.41, 5.74) is 2.53. The van der Waals surface area contributed by atoms with E-state index in [4.69, 9.17) is 13.9 Å². The number of ether oxygens (including phenoxy) is 2. The van der Waals surface area contributed by atoms with Crippen LogP contribution in [-0.2, 0) is 13.2 Å². The molecular weight excluding hydrogens is 428 g/mol. The molecule has 0 bridgehead atoms. The number of hydrogen-bond acceptors (Lipinski definition) is 5. The highest BCUT2D eigenvalue weighted by atomic mass is 16.5. The molecule has 0 saturated carbocycles. The molecule has 1 heterocycles. The van der Waals surface area contributed by atoms with Gasteiger partial charge in [-0.3, -0.25) is 4.79 Å². The molecule has 4 aromatic carbocycles. The SMILES string of the molecule is O=c1cc(-c2ccc(OCc3ccccc3)c(OCc3ccccc3)c2O)oc2ccccc12. The van der Waals surface area contributed by atoms with Gasteiger partial charge in [-0.15, -0.1) is 0 Å². The molecule has 0 atom stereocenters. The van der Waals surface area contributed by atoms with E-state index in [1.165, 1.54) is 6.07 Å². The van der Waals surface area contributed by atoms with E-state index in [1.807, 2.05) is 60.7 Å². The smallest absolute Gasteiger partial charge is 0.204 e. The van der Waals surface area contributed by atoms with Crippen LogP contribution >= 0.6 is 0 Å². The molecule has 5 heteroatoms. The molecule has 1 aromatic heterocycles. The maximum absolute atomic E-state index is 12.6. The average molecular weight is 450 g/mol. The number of hydrogen-bond donors (Lipinski definition) is 1. The number of phenolic OH excluding ortho intramolecular Hbond substituents is 1. The molecule has 0 aliphatic rings. The first kappa shape index (κ1) is 21.3. The van der Waals surface area contributed by atoms with Gasteiger partial charge in [0, 0.05) is 6.07 Å². The third-order valence-electron chi connectivity index (χ3n) is 5.46. The number of fused-ring (bicyclic) bond motifs is 1. The van der Waals surface area contributed by atoms with Crippen LogP contribution in [0.5, 0.6) is 17.2 Å². The summed E-state index contributed by atoms with van der Waals surface area (Å²) in [7, 11) is 0. The second-order valence-electron chi connectivity index (χ2n) is 7.81. The van der Waals surface area contributed by atoms with Crippen molar-refractivity contribution in [3.8, 4) is 28.6 Å². The van der Waals surface area contributed by atoms with Gasteiger partial charge >= 0.3 is 0 Å². The van der Waals surface area contributed by atoms with Crippen LogP contribution in [0.15, 0.2) is 112 Å². The van der Waals surface area contributed by atoms with E-state index < -0.39 is 0 Å². The molecule has 0 radical (unpaired) electrons. The molecule has 0 amide bonds. The van der Waals surface area contributed by atoms with Crippen molar-refractivity contribution in [2.24, 2.45) is 0 Å². The van der Waals surface area contributed by atoms with Gasteiger partial charge in [0.25, 0.3) is 0 Å². The van der Waals surface area contributed by atoms with Crippen LogP contribution in [0.4, 0.5) is 0 Å². The predicted molar refractivity (Wildman–Crippen MR) is 131 cm³/mol. The van der Waals surface area contributed by atoms with Gasteiger partial charge in [0.2, 0.25) is 5.75 Å². The van der Waals surface area contributed by atoms with Gasteiger partial charge in [-0.25, -0.2) is 0 Å². The molecule has 168 valence electrons. The Kier molecular flexibility index (Phi) is 5.99. The zero-order chi connectivity index (χ0) is 23.3. The molecule has 1 N–H and O–H groups in total. The zero-order valence-corrected chi connectivity index (χ0v) is 18.3. The fraction of sp³-hybridized carbons (Fsp3) is 0.0690. The lowest BCUT2D eigenvalue weighted by molar-refractivity contribution is 0.246. The zero-order valence-electron chi connectivity index (χ0n) is 18.3. The minimum Gasteiger partial charge on any atom is -0.504 e. The number of aromatic hydroxyl groups is 1. The van der Waals surface area contributed by atoms with Crippen molar-refractivity contribution in [3.63, 3.8) is 0 Å². The first-order chi connectivity index (χ1) is 16.7. The summed E-state index contributed by atoms with van der Waals surface area (Å²) in [5.74, 6) is 0.678. The van der Waals surface area contributed by atoms with Crippen LogP contribution in [0.3, 0.4) is 0 Å². The van der Waals surface area contributed by atoms with E-state index in [0.29, 0.717) is 28.9 Å². The van der Waals surface area contributed by atoms with Crippen LogP contribution in [0.2, 0.25) is 0 Å². The van der Waals surface area contributed by atoms with Crippen molar-refractivity contribution >= 4 is 11.0 Å². The summed E-state index contributed by atoms with van der Waals surface area (Å²) >= 11 is 0. The summed E-state index contributed by atoms with van der Waals surface area (Å²) < 4.78 is 18.0. The Balaban J connectivity index is 1.53. The van der Waals surface area contributed by atoms with Crippen molar-refractivity contribution in [2.45, 2.75) is 13.2 Å². The van der Waals surface area contributed by atoms with Crippen LogP contribution < -0.4 is 14.9 Å². The van der Waals surface area contributed by atoms with Crippen LogP contribution in [0.1, 0.15) is 11.1 Å². The van der Waals surface area contributed by atoms with Gasteiger partial charge in [-0.1, -0.05) is 72.8 Å².